The second-order valence-corrected chi connectivity index (χ2v) is 3.24. The first kappa shape index (κ1) is 12.5. The zero-order chi connectivity index (χ0) is 11.8. The van der Waals surface area contributed by atoms with Crippen molar-refractivity contribution in [3.05, 3.63) is 29.8 Å². The molecule has 0 aliphatic rings. The van der Waals surface area contributed by atoms with Crippen LogP contribution in [-0.2, 0) is 4.84 Å². The third-order valence-corrected chi connectivity index (χ3v) is 1.88. The van der Waals surface area contributed by atoms with Gasteiger partial charge >= 0.3 is 0 Å². The van der Waals surface area contributed by atoms with Gasteiger partial charge in [-0.1, -0.05) is 13.0 Å². The van der Waals surface area contributed by atoms with Crippen molar-refractivity contribution in [2.45, 2.75) is 20.3 Å². The van der Waals surface area contributed by atoms with Gasteiger partial charge in [-0.25, -0.2) is 5.48 Å². The predicted octanol–water partition coefficient (Wildman–Crippen LogP) is 2.16. The van der Waals surface area contributed by atoms with Gasteiger partial charge in [-0.05, 0) is 31.5 Å². The number of rotatable bonds is 6. The Morgan fingerprint density at radius 1 is 1.38 bits per heavy atom. The summed E-state index contributed by atoms with van der Waals surface area (Å²) in [6.07, 6.45) is 0.940. The molecule has 0 unspecified atom stereocenters. The molecule has 1 aromatic rings. The first-order chi connectivity index (χ1) is 7.77. The molecule has 0 spiro atoms. The van der Waals surface area contributed by atoms with Crippen LogP contribution in [0.3, 0.4) is 0 Å². The molecule has 1 N–H and O–H groups in total. The Kier molecular flexibility index (Phi) is 5.36. The highest BCUT2D eigenvalue weighted by Gasteiger charge is 2.05. The highest BCUT2D eigenvalue weighted by atomic mass is 16.6. The summed E-state index contributed by atoms with van der Waals surface area (Å²) in [6.45, 7) is 4.93. The minimum Gasteiger partial charge on any atom is -0.494 e. The van der Waals surface area contributed by atoms with Gasteiger partial charge in [0.05, 0.1) is 13.2 Å². The first-order valence-corrected chi connectivity index (χ1v) is 5.43. The third kappa shape index (κ3) is 3.90. The van der Waals surface area contributed by atoms with E-state index in [1.807, 2.05) is 13.0 Å². The van der Waals surface area contributed by atoms with Crippen LogP contribution in [0.15, 0.2) is 24.3 Å². The highest BCUT2D eigenvalue weighted by Crippen LogP contribution is 2.13. The number of carbonyl (C=O) groups is 1. The van der Waals surface area contributed by atoms with Gasteiger partial charge in [0.25, 0.3) is 5.91 Å². The molecule has 0 aliphatic heterocycles. The monoisotopic (exact) mass is 223 g/mol. The minimum absolute atomic E-state index is 0.260. The normalized spacial score (nSPS) is 9.88. The molecule has 4 nitrogen and oxygen atoms in total. The lowest BCUT2D eigenvalue weighted by molar-refractivity contribution is 0.0364. The van der Waals surface area contributed by atoms with Crippen molar-refractivity contribution in [3.8, 4) is 5.75 Å². The molecule has 1 aromatic carbocycles. The highest BCUT2D eigenvalue weighted by molar-refractivity contribution is 5.93. The van der Waals surface area contributed by atoms with Crippen LogP contribution in [0.2, 0.25) is 0 Å². The number of hydrogen-bond donors (Lipinski definition) is 1. The molecule has 0 fully saturated rings. The molecule has 4 heteroatoms. The molecule has 0 radical (unpaired) electrons. The van der Waals surface area contributed by atoms with Crippen molar-refractivity contribution in [1.29, 1.82) is 0 Å². The molecule has 0 bridgehead atoms. The Labute approximate surface area is 95.5 Å². The Hall–Kier alpha value is -1.55. The average molecular weight is 223 g/mol. The van der Waals surface area contributed by atoms with Gasteiger partial charge in [0.1, 0.15) is 5.75 Å². The van der Waals surface area contributed by atoms with Gasteiger partial charge in [-0.3, -0.25) is 9.63 Å². The fourth-order valence-electron chi connectivity index (χ4n) is 1.14. The lowest BCUT2D eigenvalue weighted by Crippen LogP contribution is -2.23. The molecule has 0 aliphatic carbocycles. The van der Waals surface area contributed by atoms with E-state index in [0.29, 0.717) is 24.5 Å². The number of nitrogens with one attached hydrogen (secondary N) is 1. The Morgan fingerprint density at radius 2 is 2.19 bits per heavy atom. The molecule has 0 atom stereocenters. The van der Waals surface area contributed by atoms with Crippen LogP contribution in [-0.4, -0.2) is 19.1 Å². The Morgan fingerprint density at radius 3 is 2.88 bits per heavy atom. The zero-order valence-corrected chi connectivity index (χ0v) is 9.66. The second-order valence-electron chi connectivity index (χ2n) is 3.24. The van der Waals surface area contributed by atoms with Crippen molar-refractivity contribution in [2.75, 3.05) is 13.2 Å². The van der Waals surface area contributed by atoms with Crippen LogP contribution in [0.5, 0.6) is 5.75 Å². The van der Waals surface area contributed by atoms with Crippen LogP contribution in [0.25, 0.3) is 0 Å². The first-order valence-electron chi connectivity index (χ1n) is 5.43. The number of carbonyl (C=O) groups excluding carboxylic acids is 1. The zero-order valence-electron chi connectivity index (χ0n) is 9.66. The topological polar surface area (TPSA) is 47.6 Å². The summed E-state index contributed by atoms with van der Waals surface area (Å²) in [5, 5.41) is 0. The fraction of sp³-hybridized carbons (Fsp3) is 0.417. The van der Waals surface area contributed by atoms with Crippen LogP contribution in [0.1, 0.15) is 30.6 Å². The largest absolute Gasteiger partial charge is 0.494 e. The maximum atomic E-state index is 11.5. The molecule has 88 valence electrons. The Bertz CT molecular complexity index is 339. The fourth-order valence-corrected chi connectivity index (χ4v) is 1.14. The molecule has 0 heterocycles. The summed E-state index contributed by atoms with van der Waals surface area (Å²) in [7, 11) is 0. The van der Waals surface area contributed by atoms with Gasteiger partial charge in [0, 0.05) is 5.56 Å². The summed E-state index contributed by atoms with van der Waals surface area (Å²) >= 11 is 0. The predicted molar refractivity (Wildman–Crippen MR) is 61.3 cm³/mol. The van der Waals surface area contributed by atoms with Crippen molar-refractivity contribution in [3.63, 3.8) is 0 Å². The maximum absolute atomic E-state index is 11.5. The van der Waals surface area contributed by atoms with E-state index in [9.17, 15) is 4.79 Å². The summed E-state index contributed by atoms with van der Waals surface area (Å²) in [4.78, 5) is 16.4. The van der Waals surface area contributed by atoms with E-state index >= 15 is 0 Å². The van der Waals surface area contributed by atoms with Crippen LogP contribution in [0.4, 0.5) is 0 Å². The molecule has 1 rings (SSSR count). The number of hydroxylamine groups is 1. The van der Waals surface area contributed by atoms with E-state index in [2.05, 4.69) is 5.48 Å². The van der Waals surface area contributed by atoms with Crippen LogP contribution < -0.4 is 10.2 Å². The molecule has 16 heavy (non-hydrogen) atoms. The number of ether oxygens (including phenoxy) is 1. The molecular formula is C12H17NO3. The summed E-state index contributed by atoms with van der Waals surface area (Å²) in [5.74, 6) is 0.440. The van der Waals surface area contributed by atoms with E-state index in [4.69, 9.17) is 9.57 Å². The quantitative estimate of drug-likeness (QED) is 0.752. The minimum atomic E-state index is -0.260. The van der Waals surface area contributed by atoms with E-state index in [1.165, 1.54) is 0 Å². The van der Waals surface area contributed by atoms with E-state index in [1.54, 1.807) is 25.1 Å². The van der Waals surface area contributed by atoms with Gasteiger partial charge in [-0.2, -0.15) is 0 Å². The van der Waals surface area contributed by atoms with Gasteiger partial charge in [0.15, 0.2) is 0 Å². The summed E-state index contributed by atoms with van der Waals surface area (Å²) in [5.41, 5.74) is 2.87. The van der Waals surface area contributed by atoms with Crippen molar-refractivity contribution < 1.29 is 14.4 Å². The number of benzene rings is 1. The number of amides is 1. The molecule has 0 saturated carbocycles. The van der Waals surface area contributed by atoms with Crippen molar-refractivity contribution >= 4 is 5.91 Å². The van der Waals surface area contributed by atoms with Crippen molar-refractivity contribution in [2.24, 2.45) is 0 Å². The van der Waals surface area contributed by atoms with E-state index < -0.39 is 0 Å². The maximum Gasteiger partial charge on any atom is 0.274 e. The Balaban J connectivity index is 2.62. The lowest BCUT2D eigenvalue weighted by atomic mass is 10.2. The molecule has 0 aromatic heterocycles. The third-order valence-electron chi connectivity index (χ3n) is 1.88. The molecule has 0 saturated heterocycles. The molecule has 1 amide bonds. The van der Waals surface area contributed by atoms with Crippen molar-refractivity contribution in [1.82, 2.24) is 5.48 Å². The standard InChI is InChI=1S/C12H17NO3/c1-3-8-15-11-7-5-6-10(9-11)12(14)13-16-4-2/h5-7,9H,3-4,8H2,1-2H3,(H,13,14). The van der Waals surface area contributed by atoms with Crippen LogP contribution >= 0.6 is 0 Å². The van der Waals surface area contributed by atoms with Gasteiger partial charge in [0.2, 0.25) is 0 Å². The lowest BCUT2D eigenvalue weighted by Gasteiger charge is -2.07. The SMILES string of the molecule is CCCOc1cccc(C(=O)NOCC)c1. The van der Waals surface area contributed by atoms with E-state index in [-0.39, 0.29) is 5.91 Å². The van der Waals surface area contributed by atoms with E-state index in [0.717, 1.165) is 6.42 Å². The average Bonchev–Trinajstić information content (AvgIpc) is 2.33. The van der Waals surface area contributed by atoms with Gasteiger partial charge < -0.3 is 4.74 Å². The molecular weight excluding hydrogens is 206 g/mol. The van der Waals surface area contributed by atoms with Crippen LogP contribution in [0, 0.1) is 0 Å². The second kappa shape index (κ2) is 6.85. The smallest absolute Gasteiger partial charge is 0.274 e. The summed E-state index contributed by atoms with van der Waals surface area (Å²) in [6, 6.07) is 7.02. The summed E-state index contributed by atoms with van der Waals surface area (Å²) < 4.78 is 5.43. The van der Waals surface area contributed by atoms with Gasteiger partial charge in [-0.15, -0.1) is 0 Å². The number of hydrogen-bond acceptors (Lipinski definition) is 3.